The molecule has 1 saturated heterocycles. The Kier molecular flexibility index (Phi) is 7.10. The van der Waals surface area contributed by atoms with Crippen LogP contribution < -0.4 is 15.5 Å². The van der Waals surface area contributed by atoms with E-state index in [0.717, 1.165) is 40.1 Å². The monoisotopic (exact) mass is 515 g/mol. The number of carbonyl (C=O) groups excluding carboxylic acids is 1. The molecule has 0 bridgehead atoms. The largest absolute Gasteiger partial charge is 0.368 e. The lowest BCUT2D eigenvalue weighted by atomic mass is 9.89. The van der Waals surface area contributed by atoms with E-state index in [1.54, 1.807) is 24.2 Å². The zero-order valence-corrected chi connectivity index (χ0v) is 22.1. The number of nitrogens with one attached hydrogen (secondary N) is 3. The summed E-state index contributed by atoms with van der Waals surface area (Å²) in [5.74, 6) is 2.92. The first-order valence-electron chi connectivity index (χ1n) is 12.7. The molecule has 5 rings (SSSR count). The van der Waals surface area contributed by atoms with E-state index in [4.69, 9.17) is 9.72 Å². The first-order valence-corrected chi connectivity index (χ1v) is 12.7. The number of aromatic amines is 1. The second-order valence-electron chi connectivity index (χ2n) is 9.73. The SMILES string of the molecule is COC1(C(=O)N[C@@H](C)c2ccc(-n3cccn3)nc2)CCN(c2cc(C)cc(Nc3cc(C)[nH]n3)n2)CC1. The number of H-pyrrole nitrogens is 1. The molecule has 5 heterocycles. The predicted molar refractivity (Wildman–Crippen MR) is 145 cm³/mol. The first kappa shape index (κ1) is 25.4. The lowest BCUT2D eigenvalue weighted by molar-refractivity contribution is -0.146. The number of hydrogen-bond donors (Lipinski definition) is 3. The van der Waals surface area contributed by atoms with E-state index in [-0.39, 0.29) is 11.9 Å². The van der Waals surface area contributed by atoms with Crippen LogP contribution in [0.2, 0.25) is 0 Å². The second-order valence-corrected chi connectivity index (χ2v) is 9.73. The third kappa shape index (κ3) is 5.37. The fourth-order valence-corrected chi connectivity index (χ4v) is 4.71. The number of rotatable bonds is 8. The highest BCUT2D eigenvalue weighted by Gasteiger charge is 2.42. The van der Waals surface area contributed by atoms with Crippen molar-refractivity contribution in [1.82, 2.24) is 35.3 Å². The minimum Gasteiger partial charge on any atom is -0.368 e. The van der Waals surface area contributed by atoms with Crippen LogP contribution in [-0.4, -0.2) is 61.7 Å². The summed E-state index contributed by atoms with van der Waals surface area (Å²) in [5.41, 5.74) is 2.08. The molecule has 0 spiro atoms. The summed E-state index contributed by atoms with van der Waals surface area (Å²) in [6.45, 7) is 7.24. The van der Waals surface area contributed by atoms with Gasteiger partial charge in [-0.05, 0) is 56.2 Å². The third-order valence-corrected chi connectivity index (χ3v) is 6.98. The van der Waals surface area contributed by atoms with Crippen molar-refractivity contribution >= 4 is 23.4 Å². The summed E-state index contributed by atoms with van der Waals surface area (Å²) < 4.78 is 7.54. The van der Waals surface area contributed by atoms with Crippen molar-refractivity contribution in [2.24, 2.45) is 0 Å². The average molecular weight is 516 g/mol. The summed E-state index contributed by atoms with van der Waals surface area (Å²) in [6.07, 6.45) is 6.42. The van der Waals surface area contributed by atoms with Crippen LogP contribution in [0, 0.1) is 13.8 Å². The molecule has 1 aliphatic rings. The van der Waals surface area contributed by atoms with E-state index < -0.39 is 5.60 Å². The maximum atomic E-state index is 13.4. The number of carbonyl (C=O) groups is 1. The Balaban J connectivity index is 1.22. The number of pyridine rings is 2. The molecule has 0 radical (unpaired) electrons. The number of ether oxygens (including phenoxy) is 1. The van der Waals surface area contributed by atoms with E-state index in [2.05, 4.69) is 41.9 Å². The topological polar surface area (TPSA) is 126 Å². The van der Waals surface area contributed by atoms with Crippen molar-refractivity contribution < 1.29 is 9.53 Å². The van der Waals surface area contributed by atoms with E-state index in [0.29, 0.717) is 25.9 Å². The van der Waals surface area contributed by atoms with Crippen molar-refractivity contribution in [2.75, 3.05) is 30.4 Å². The summed E-state index contributed by atoms with van der Waals surface area (Å²) in [5, 5.41) is 17.8. The third-order valence-electron chi connectivity index (χ3n) is 6.98. The molecule has 1 fully saturated rings. The normalized spacial score (nSPS) is 15.7. The van der Waals surface area contributed by atoms with E-state index >= 15 is 0 Å². The molecule has 1 atom stereocenters. The molecule has 4 aromatic rings. The number of amides is 1. The number of methoxy groups -OCH3 is 1. The molecule has 1 aliphatic heterocycles. The van der Waals surface area contributed by atoms with Crippen LogP contribution in [0.4, 0.5) is 17.5 Å². The Bertz CT molecular complexity index is 1370. The number of piperidine rings is 1. The van der Waals surface area contributed by atoms with E-state index in [1.807, 2.05) is 57.3 Å². The van der Waals surface area contributed by atoms with Gasteiger partial charge in [0.25, 0.3) is 5.91 Å². The van der Waals surface area contributed by atoms with Crippen LogP contribution in [0.15, 0.2) is 55.0 Å². The first-order chi connectivity index (χ1) is 18.3. The minimum atomic E-state index is -0.898. The summed E-state index contributed by atoms with van der Waals surface area (Å²) >= 11 is 0. The highest BCUT2D eigenvalue weighted by Crippen LogP contribution is 2.31. The molecular weight excluding hydrogens is 482 g/mol. The van der Waals surface area contributed by atoms with Gasteiger partial charge in [-0.25, -0.2) is 14.6 Å². The molecule has 198 valence electrons. The minimum absolute atomic E-state index is 0.114. The van der Waals surface area contributed by atoms with Crippen molar-refractivity contribution in [1.29, 1.82) is 0 Å². The molecule has 4 aromatic heterocycles. The van der Waals surface area contributed by atoms with Crippen LogP contribution >= 0.6 is 0 Å². The number of nitrogens with zero attached hydrogens (tertiary/aromatic N) is 6. The van der Waals surface area contributed by atoms with Gasteiger partial charge in [-0.15, -0.1) is 0 Å². The highest BCUT2D eigenvalue weighted by atomic mass is 16.5. The van der Waals surface area contributed by atoms with Gasteiger partial charge in [-0.3, -0.25) is 9.89 Å². The zero-order valence-electron chi connectivity index (χ0n) is 22.1. The van der Waals surface area contributed by atoms with Gasteiger partial charge >= 0.3 is 0 Å². The summed E-state index contributed by atoms with van der Waals surface area (Å²) in [6, 6.07) is 11.5. The number of aryl methyl sites for hydroxylation is 2. The second kappa shape index (κ2) is 10.6. The fraction of sp³-hybridized carbons (Fsp3) is 0.370. The quantitative estimate of drug-likeness (QED) is 0.325. The van der Waals surface area contributed by atoms with Gasteiger partial charge in [0.1, 0.15) is 17.2 Å². The smallest absolute Gasteiger partial charge is 0.252 e. The molecule has 0 aliphatic carbocycles. The van der Waals surface area contributed by atoms with Gasteiger partial charge in [0.05, 0.1) is 6.04 Å². The van der Waals surface area contributed by atoms with Crippen LogP contribution in [0.3, 0.4) is 0 Å². The van der Waals surface area contributed by atoms with Gasteiger partial charge < -0.3 is 20.3 Å². The molecule has 1 amide bonds. The van der Waals surface area contributed by atoms with Gasteiger partial charge in [0, 0.05) is 63.4 Å². The maximum Gasteiger partial charge on any atom is 0.252 e. The average Bonchev–Trinajstić information content (AvgIpc) is 3.60. The molecular formula is C27H33N9O2. The van der Waals surface area contributed by atoms with Crippen molar-refractivity contribution in [3.05, 3.63) is 71.8 Å². The molecule has 38 heavy (non-hydrogen) atoms. The zero-order chi connectivity index (χ0) is 26.7. The van der Waals surface area contributed by atoms with E-state index in [1.165, 1.54) is 0 Å². The summed E-state index contributed by atoms with van der Waals surface area (Å²) in [7, 11) is 1.61. The Morgan fingerprint density at radius 3 is 2.58 bits per heavy atom. The van der Waals surface area contributed by atoms with Crippen LogP contribution in [0.5, 0.6) is 0 Å². The highest BCUT2D eigenvalue weighted by molar-refractivity contribution is 5.86. The molecule has 11 nitrogen and oxygen atoms in total. The Morgan fingerprint density at radius 1 is 1.13 bits per heavy atom. The predicted octanol–water partition coefficient (Wildman–Crippen LogP) is 3.61. The Morgan fingerprint density at radius 2 is 1.95 bits per heavy atom. The lowest BCUT2D eigenvalue weighted by Gasteiger charge is -2.40. The fourth-order valence-electron chi connectivity index (χ4n) is 4.71. The van der Waals surface area contributed by atoms with Crippen molar-refractivity contribution in [2.45, 2.75) is 45.3 Å². The molecule has 0 unspecified atom stereocenters. The number of anilines is 3. The molecule has 0 saturated carbocycles. The molecule has 3 N–H and O–H groups in total. The van der Waals surface area contributed by atoms with Gasteiger partial charge in [-0.2, -0.15) is 10.2 Å². The number of aromatic nitrogens is 6. The van der Waals surface area contributed by atoms with Gasteiger partial charge in [0.15, 0.2) is 11.6 Å². The standard InChI is InChI=1S/C27H33N9O2/c1-18-14-22(31-23-16-19(2)33-34-23)32-25(15-18)35-12-8-27(38-4,9-13-35)26(37)30-20(3)21-6-7-24(28-17-21)36-11-5-10-29-36/h5-7,10-11,14-17,20H,8-9,12-13H2,1-4H3,(H,30,37)(H2,31,32,33,34)/t20-/m0/s1. The summed E-state index contributed by atoms with van der Waals surface area (Å²) in [4.78, 5) is 24.9. The Labute approximate surface area is 221 Å². The van der Waals surface area contributed by atoms with Crippen molar-refractivity contribution in [3.8, 4) is 5.82 Å². The van der Waals surface area contributed by atoms with Crippen LogP contribution in [0.1, 0.15) is 42.6 Å². The van der Waals surface area contributed by atoms with Gasteiger partial charge in [0.2, 0.25) is 0 Å². The van der Waals surface area contributed by atoms with Crippen LogP contribution in [0.25, 0.3) is 5.82 Å². The van der Waals surface area contributed by atoms with Crippen LogP contribution in [-0.2, 0) is 9.53 Å². The van der Waals surface area contributed by atoms with E-state index in [9.17, 15) is 4.79 Å². The lowest BCUT2D eigenvalue weighted by Crippen LogP contribution is -2.55. The maximum absolute atomic E-state index is 13.4. The van der Waals surface area contributed by atoms with Gasteiger partial charge in [-0.1, -0.05) is 6.07 Å². The Hall–Kier alpha value is -4.25. The molecule has 0 aromatic carbocycles. The number of hydrogen-bond acceptors (Lipinski definition) is 8. The molecule has 11 heteroatoms. The van der Waals surface area contributed by atoms with Crippen molar-refractivity contribution in [3.63, 3.8) is 0 Å².